The van der Waals surface area contributed by atoms with Crippen LogP contribution in [0.3, 0.4) is 0 Å². The summed E-state index contributed by atoms with van der Waals surface area (Å²) in [4.78, 5) is 15.5. The highest BCUT2D eigenvalue weighted by Gasteiger charge is 2.41. The van der Waals surface area contributed by atoms with Crippen LogP contribution in [0.25, 0.3) is 11.3 Å². The Balaban J connectivity index is 1.51. The zero-order valence-corrected chi connectivity index (χ0v) is 19.3. The lowest BCUT2D eigenvalue weighted by Gasteiger charge is -2.26. The molecule has 34 heavy (non-hydrogen) atoms. The van der Waals surface area contributed by atoms with Gasteiger partial charge in [-0.3, -0.25) is 9.89 Å². The summed E-state index contributed by atoms with van der Waals surface area (Å²) in [5.41, 5.74) is 5.47. The van der Waals surface area contributed by atoms with Gasteiger partial charge in [-0.15, -0.1) is 0 Å². The first kappa shape index (κ1) is 21.8. The topological polar surface area (TPSA) is 67.5 Å². The number of aromatic amines is 1. The molecule has 1 aromatic heterocycles. The summed E-state index contributed by atoms with van der Waals surface area (Å²) in [5.74, 6) is 1.61. The van der Waals surface area contributed by atoms with Crippen LogP contribution < -0.4 is 9.47 Å². The molecule has 3 aromatic carbocycles. The van der Waals surface area contributed by atoms with Gasteiger partial charge in [0.25, 0.3) is 5.91 Å². The standard InChI is InChI=1S/C28H27N3O3/c1-3-34-23-15-11-21(12-16-23)27-24-25(20-7-5-4-6-8-20)29-30-26(24)28(32)31(27)18-17-19-9-13-22(33-2)14-10-19/h4-16,27H,3,17-18H2,1-2H3,(H,29,30). The van der Waals surface area contributed by atoms with Gasteiger partial charge in [0.05, 0.1) is 25.5 Å². The molecule has 0 saturated heterocycles. The summed E-state index contributed by atoms with van der Waals surface area (Å²) in [6, 6.07) is 25.8. The van der Waals surface area contributed by atoms with E-state index in [0.29, 0.717) is 18.8 Å². The number of fused-ring (bicyclic) bond motifs is 1. The van der Waals surface area contributed by atoms with E-state index in [2.05, 4.69) is 10.2 Å². The van der Waals surface area contributed by atoms with Gasteiger partial charge in [-0.2, -0.15) is 5.10 Å². The van der Waals surface area contributed by atoms with Gasteiger partial charge in [-0.05, 0) is 48.7 Å². The molecule has 0 aliphatic carbocycles. The molecule has 0 spiro atoms. The van der Waals surface area contributed by atoms with Crippen LogP contribution in [0.15, 0.2) is 78.9 Å². The Morgan fingerprint density at radius 2 is 1.65 bits per heavy atom. The Morgan fingerprint density at radius 1 is 0.941 bits per heavy atom. The van der Waals surface area contributed by atoms with Crippen LogP contribution in [0.2, 0.25) is 0 Å². The maximum Gasteiger partial charge on any atom is 0.273 e. The molecule has 1 N–H and O–H groups in total. The third-order valence-corrected chi connectivity index (χ3v) is 6.22. The van der Waals surface area contributed by atoms with Crippen LogP contribution in [0.5, 0.6) is 11.5 Å². The van der Waals surface area contributed by atoms with Crippen LogP contribution in [0.1, 0.15) is 40.1 Å². The lowest BCUT2D eigenvalue weighted by atomic mass is 9.96. The van der Waals surface area contributed by atoms with Gasteiger partial charge in [-0.1, -0.05) is 54.6 Å². The van der Waals surface area contributed by atoms with E-state index in [0.717, 1.165) is 45.9 Å². The maximum absolute atomic E-state index is 13.5. The van der Waals surface area contributed by atoms with E-state index in [9.17, 15) is 4.79 Å². The lowest BCUT2D eigenvalue weighted by molar-refractivity contribution is 0.0746. The molecule has 172 valence electrons. The first-order chi connectivity index (χ1) is 16.7. The summed E-state index contributed by atoms with van der Waals surface area (Å²) in [6.07, 6.45) is 0.738. The van der Waals surface area contributed by atoms with Gasteiger partial charge in [-0.25, -0.2) is 0 Å². The molecule has 0 bridgehead atoms. The molecule has 1 aliphatic rings. The average Bonchev–Trinajstić information content (AvgIpc) is 3.43. The minimum Gasteiger partial charge on any atom is -0.497 e. The van der Waals surface area contributed by atoms with Crippen molar-refractivity contribution in [2.45, 2.75) is 19.4 Å². The van der Waals surface area contributed by atoms with Gasteiger partial charge in [0.1, 0.15) is 17.2 Å². The third kappa shape index (κ3) is 4.03. The van der Waals surface area contributed by atoms with Crippen molar-refractivity contribution in [1.82, 2.24) is 15.1 Å². The van der Waals surface area contributed by atoms with Crippen molar-refractivity contribution in [2.75, 3.05) is 20.3 Å². The monoisotopic (exact) mass is 453 g/mol. The van der Waals surface area contributed by atoms with Crippen LogP contribution in [0.4, 0.5) is 0 Å². The van der Waals surface area contributed by atoms with Crippen molar-refractivity contribution < 1.29 is 14.3 Å². The van der Waals surface area contributed by atoms with E-state index in [1.165, 1.54) is 0 Å². The fourth-order valence-electron chi connectivity index (χ4n) is 4.54. The van der Waals surface area contributed by atoms with Crippen LogP contribution in [-0.2, 0) is 6.42 Å². The molecule has 1 aliphatic heterocycles. The van der Waals surface area contributed by atoms with Crippen molar-refractivity contribution >= 4 is 5.91 Å². The van der Waals surface area contributed by atoms with Gasteiger partial charge in [0, 0.05) is 17.7 Å². The number of hydrogen-bond acceptors (Lipinski definition) is 4. The highest BCUT2D eigenvalue weighted by Crippen LogP contribution is 2.43. The fourth-order valence-corrected chi connectivity index (χ4v) is 4.54. The summed E-state index contributed by atoms with van der Waals surface area (Å²) in [7, 11) is 1.66. The SMILES string of the molecule is CCOc1ccc(C2c3c(-c4ccccc4)n[nH]c3C(=O)N2CCc2ccc(OC)cc2)cc1. The molecule has 1 atom stereocenters. The number of H-pyrrole nitrogens is 1. The smallest absolute Gasteiger partial charge is 0.273 e. The molecule has 0 radical (unpaired) electrons. The number of benzene rings is 3. The number of rotatable bonds is 8. The molecule has 1 unspecified atom stereocenters. The van der Waals surface area contributed by atoms with Gasteiger partial charge < -0.3 is 14.4 Å². The van der Waals surface area contributed by atoms with E-state index in [4.69, 9.17) is 9.47 Å². The minimum absolute atomic E-state index is 0.0305. The maximum atomic E-state index is 13.5. The Morgan fingerprint density at radius 3 is 2.32 bits per heavy atom. The number of aromatic nitrogens is 2. The largest absolute Gasteiger partial charge is 0.497 e. The second-order valence-electron chi connectivity index (χ2n) is 8.23. The number of carbonyl (C=O) groups excluding carboxylic acids is 1. The summed E-state index contributed by atoms with van der Waals surface area (Å²) in [5, 5.41) is 7.57. The quantitative estimate of drug-likeness (QED) is 0.395. The predicted octanol–water partition coefficient (Wildman–Crippen LogP) is 5.27. The molecule has 5 rings (SSSR count). The van der Waals surface area contributed by atoms with Crippen LogP contribution in [-0.4, -0.2) is 41.3 Å². The van der Waals surface area contributed by atoms with Gasteiger partial charge in [0.15, 0.2) is 0 Å². The van der Waals surface area contributed by atoms with E-state index in [-0.39, 0.29) is 11.9 Å². The van der Waals surface area contributed by atoms with Crippen molar-refractivity contribution in [3.05, 3.63) is 101 Å². The van der Waals surface area contributed by atoms with Crippen LogP contribution >= 0.6 is 0 Å². The fraction of sp³-hybridized carbons (Fsp3) is 0.214. The van der Waals surface area contributed by atoms with E-state index in [1.807, 2.05) is 90.7 Å². The molecule has 0 fully saturated rings. The Kier molecular flexibility index (Phi) is 6.04. The molecule has 4 aromatic rings. The number of methoxy groups -OCH3 is 1. The molecule has 6 heteroatoms. The number of hydrogen-bond donors (Lipinski definition) is 1. The van der Waals surface area contributed by atoms with Crippen molar-refractivity contribution in [3.63, 3.8) is 0 Å². The number of nitrogens with one attached hydrogen (secondary N) is 1. The molecule has 6 nitrogen and oxygen atoms in total. The second-order valence-corrected chi connectivity index (χ2v) is 8.23. The van der Waals surface area contributed by atoms with Crippen molar-refractivity contribution in [1.29, 1.82) is 0 Å². The summed E-state index contributed by atoms with van der Waals surface area (Å²) in [6.45, 7) is 3.16. The highest BCUT2D eigenvalue weighted by atomic mass is 16.5. The van der Waals surface area contributed by atoms with Crippen molar-refractivity contribution in [3.8, 4) is 22.8 Å². The first-order valence-corrected chi connectivity index (χ1v) is 11.5. The second kappa shape index (κ2) is 9.43. The summed E-state index contributed by atoms with van der Waals surface area (Å²) >= 11 is 0. The third-order valence-electron chi connectivity index (χ3n) is 6.22. The number of amides is 1. The zero-order valence-electron chi connectivity index (χ0n) is 19.3. The zero-order chi connectivity index (χ0) is 23.5. The Bertz CT molecular complexity index is 1260. The minimum atomic E-state index is -0.231. The molecule has 1 amide bonds. The van der Waals surface area contributed by atoms with E-state index < -0.39 is 0 Å². The normalized spacial score (nSPS) is 14.8. The first-order valence-electron chi connectivity index (χ1n) is 11.5. The molecule has 2 heterocycles. The highest BCUT2D eigenvalue weighted by molar-refractivity contribution is 6.00. The Labute approximate surface area is 199 Å². The van der Waals surface area contributed by atoms with E-state index >= 15 is 0 Å². The summed E-state index contributed by atoms with van der Waals surface area (Å²) < 4.78 is 10.9. The van der Waals surface area contributed by atoms with Gasteiger partial charge in [0.2, 0.25) is 0 Å². The molecular weight excluding hydrogens is 426 g/mol. The van der Waals surface area contributed by atoms with Crippen LogP contribution in [0, 0.1) is 0 Å². The number of carbonyl (C=O) groups is 1. The Hall–Kier alpha value is -4.06. The molecule has 0 saturated carbocycles. The van der Waals surface area contributed by atoms with Gasteiger partial charge >= 0.3 is 0 Å². The number of nitrogens with zero attached hydrogens (tertiary/aromatic N) is 2. The predicted molar refractivity (Wildman–Crippen MR) is 131 cm³/mol. The average molecular weight is 454 g/mol. The number of ether oxygens (including phenoxy) is 2. The molecular formula is C28H27N3O3. The van der Waals surface area contributed by atoms with E-state index in [1.54, 1.807) is 7.11 Å². The lowest BCUT2D eigenvalue weighted by Crippen LogP contribution is -2.31. The van der Waals surface area contributed by atoms with Crippen molar-refractivity contribution in [2.24, 2.45) is 0 Å².